The summed E-state index contributed by atoms with van der Waals surface area (Å²) in [5.74, 6) is 0. The monoisotopic (exact) mass is 459 g/mol. The molecule has 2 nitrogen and oxygen atoms in total. The zero-order valence-electron chi connectivity index (χ0n) is 17.9. The zero-order valence-corrected chi connectivity index (χ0v) is 20.8. The number of allylic oxidation sites excluding steroid dienone is 2. The molecule has 1 aliphatic rings. The van der Waals surface area contributed by atoms with Gasteiger partial charge in [0.15, 0.2) is 0 Å². The Kier molecular flexibility index (Phi) is 12.6. The van der Waals surface area contributed by atoms with E-state index in [9.17, 15) is 0 Å². The second-order valence-electron chi connectivity index (χ2n) is 8.16. The quantitative estimate of drug-likeness (QED) is 0.280. The third-order valence-corrected chi connectivity index (χ3v) is 24.5. The number of rotatable bonds is 13. The summed E-state index contributed by atoms with van der Waals surface area (Å²) in [6, 6.07) is 0. The van der Waals surface area contributed by atoms with E-state index in [1.165, 1.54) is 44.9 Å². The van der Waals surface area contributed by atoms with Crippen molar-refractivity contribution in [2.75, 3.05) is 26.3 Å². The molecule has 0 aromatic rings. The predicted octanol–water partition coefficient (Wildman–Crippen LogP) is 6.85. The Balaban J connectivity index is 2.87. The van der Waals surface area contributed by atoms with Gasteiger partial charge < -0.3 is 0 Å². The molecule has 0 saturated carbocycles. The van der Waals surface area contributed by atoms with Crippen LogP contribution in [0.1, 0.15) is 79.6 Å². The summed E-state index contributed by atoms with van der Waals surface area (Å²) in [7, 11) is 0. The molecule has 0 spiro atoms. The summed E-state index contributed by atoms with van der Waals surface area (Å²) < 4.78 is 11.4. The van der Waals surface area contributed by atoms with Crippen molar-refractivity contribution in [2.45, 2.75) is 96.8 Å². The first-order valence-electron chi connectivity index (χ1n) is 11.1. The third-order valence-electron chi connectivity index (χ3n) is 6.40. The van der Waals surface area contributed by atoms with Gasteiger partial charge in [-0.3, -0.25) is 0 Å². The Morgan fingerprint density at radius 2 is 1.44 bits per heavy atom. The molecule has 1 unspecified atom stereocenters. The van der Waals surface area contributed by atoms with Crippen molar-refractivity contribution in [1.29, 1.82) is 0 Å². The van der Waals surface area contributed by atoms with Gasteiger partial charge in [0.2, 0.25) is 0 Å². The van der Waals surface area contributed by atoms with E-state index in [-0.39, 0.29) is 0 Å². The van der Waals surface area contributed by atoms with Gasteiger partial charge in [-0.15, -0.1) is 0 Å². The maximum absolute atomic E-state index is 5.57. The van der Waals surface area contributed by atoms with Gasteiger partial charge in [0.05, 0.1) is 0 Å². The maximum atomic E-state index is 5.57. The van der Waals surface area contributed by atoms with Crippen molar-refractivity contribution in [1.82, 2.24) is 4.90 Å². The second-order valence-corrected chi connectivity index (χ2v) is 23.0. The third kappa shape index (κ3) is 7.82. The first kappa shape index (κ1) is 23.3. The van der Waals surface area contributed by atoms with Gasteiger partial charge in [0, 0.05) is 0 Å². The van der Waals surface area contributed by atoms with Crippen LogP contribution in [-0.4, -0.2) is 49.6 Å². The molecule has 1 atom stereocenters. The number of nitrogens with zero attached hydrogens (tertiary/aromatic N) is 1. The van der Waals surface area contributed by atoms with E-state index in [1.807, 2.05) is 0 Å². The molecule has 3 heteroatoms. The Morgan fingerprint density at radius 1 is 0.960 bits per heavy atom. The number of unbranched alkanes of at least 4 members (excludes halogenated alkanes) is 3. The molecule has 1 saturated heterocycles. The molecule has 0 radical (unpaired) electrons. The van der Waals surface area contributed by atoms with Crippen molar-refractivity contribution in [3.05, 3.63) is 11.8 Å². The SMILES string of the molecule is C/C=C(\C[CH](C)[Sn]([CH2]CCC)([CH2]CCC)[CH2]CCC)N1CCOCC1. The van der Waals surface area contributed by atoms with Crippen molar-refractivity contribution in [2.24, 2.45) is 0 Å². The Morgan fingerprint density at radius 3 is 1.84 bits per heavy atom. The molecule has 0 bridgehead atoms. The number of hydrogen-bond acceptors (Lipinski definition) is 2. The summed E-state index contributed by atoms with van der Waals surface area (Å²) >= 11 is -2.10. The molecule has 148 valence electrons. The van der Waals surface area contributed by atoms with Crippen LogP contribution < -0.4 is 0 Å². The fourth-order valence-corrected chi connectivity index (χ4v) is 21.8. The average molecular weight is 458 g/mol. The van der Waals surface area contributed by atoms with Crippen LogP contribution in [0.25, 0.3) is 0 Å². The number of morpholine rings is 1. The van der Waals surface area contributed by atoms with Gasteiger partial charge in [-0.25, -0.2) is 0 Å². The van der Waals surface area contributed by atoms with Crippen LogP contribution >= 0.6 is 0 Å². The molecule has 25 heavy (non-hydrogen) atoms. The molecule has 1 aliphatic heterocycles. The number of ether oxygens (including phenoxy) is 1. The molecule has 0 aromatic carbocycles. The van der Waals surface area contributed by atoms with E-state index in [4.69, 9.17) is 4.74 Å². The molecule has 1 rings (SSSR count). The molecule has 1 fully saturated rings. The van der Waals surface area contributed by atoms with Crippen molar-refractivity contribution < 1.29 is 4.74 Å². The Labute approximate surface area is 162 Å². The average Bonchev–Trinajstić information content (AvgIpc) is 2.66. The van der Waals surface area contributed by atoms with E-state index >= 15 is 0 Å². The van der Waals surface area contributed by atoms with Crippen molar-refractivity contribution in [3.8, 4) is 0 Å². The van der Waals surface area contributed by atoms with E-state index in [1.54, 1.807) is 19.0 Å². The van der Waals surface area contributed by atoms with Gasteiger partial charge in [0.25, 0.3) is 0 Å². The van der Waals surface area contributed by atoms with E-state index in [2.05, 4.69) is 45.6 Å². The van der Waals surface area contributed by atoms with Crippen LogP contribution in [0.5, 0.6) is 0 Å². The first-order valence-corrected chi connectivity index (χ1v) is 18.8. The van der Waals surface area contributed by atoms with E-state index < -0.39 is 18.4 Å². The van der Waals surface area contributed by atoms with E-state index in [0.717, 1.165) is 30.2 Å². The van der Waals surface area contributed by atoms with Crippen LogP contribution in [0.15, 0.2) is 11.8 Å². The standard InChI is InChI=1S/C10H18NO.3C4H9.Sn/c1-3-5-10(4-2)11-6-8-12-9-7-11;3*1-3-4-2;/h3-4H,5-9H2,1-2H3;3*1,3-4H2,2H3;/b10-4+;;;;. The van der Waals surface area contributed by atoms with Gasteiger partial charge in [-0.1, -0.05) is 0 Å². The molecule has 0 aromatic heterocycles. The second kappa shape index (κ2) is 13.5. The summed E-state index contributed by atoms with van der Waals surface area (Å²) in [4.78, 5) is 2.61. The minimum atomic E-state index is -2.10. The van der Waals surface area contributed by atoms with Crippen LogP contribution in [0.2, 0.25) is 17.2 Å². The number of hydrogen-bond donors (Lipinski definition) is 0. The van der Waals surface area contributed by atoms with Gasteiger partial charge in [0.1, 0.15) is 0 Å². The molecule has 1 heterocycles. The molecule has 0 amide bonds. The molecular formula is C22H45NOSn. The van der Waals surface area contributed by atoms with Gasteiger partial charge in [-0.2, -0.15) is 0 Å². The van der Waals surface area contributed by atoms with Crippen LogP contribution in [0.3, 0.4) is 0 Å². The van der Waals surface area contributed by atoms with Gasteiger partial charge >= 0.3 is 163 Å². The normalized spacial score (nSPS) is 17.8. The van der Waals surface area contributed by atoms with Crippen molar-refractivity contribution in [3.63, 3.8) is 0 Å². The Hall–Kier alpha value is 0.299. The Bertz CT molecular complexity index is 341. The van der Waals surface area contributed by atoms with Crippen LogP contribution in [-0.2, 0) is 4.74 Å². The zero-order chi connectivity index (χ0) is 18.5. The molecule has 0 aliphatic carbocycles. The first-order chi connectivity index (χ1) is 12.1. The van der Waals surface area contributed by atoms with Crippen molar-refractivity contribution >= 4 is 18.4 Å². The summed E-state index contributed by atoms with van der Waals surface area (Å²) in [5, 5.41) is 0. The summed E-state index contributed by atoms with van der Waals surface area (Å²) in [6.45, 7) is 16.0. The fourth-order valence-electron chi connectivity index (χ4n) is 4.51. The van der Waals surface area contributed by atoms with Gasteiger partial charge in [-0.05, 0) is 0 Å². The van der Waals surface area contributed by atoms with E-state index in [0.29, 0.717) is 0 Å². The topological polar surface area (TPSA) is 12.5 Å². The molecule has 0 N–H and O–H groups in total. The summed E-state index contributed by atoms with van der Waals surface area (Å²) in [6.07, 6.45) is 12.3. The predicted molar refractivity (Wildman–Crippen MR) is 115 cm³/mol. The van der Waals surface area contributed by atoms with Crippen LogP contribution in [0.4, 0.5) is 0 Å². The van der Waals surface area contributed by atoms with Crippen LogP contribution in [0, 0.1) is 0 Å². The fraction of sp³-hybridized carbons (Fsp3) is 0.909. The molecular weight excluding hydrogens is 413 g/mol. The minimum absolute atomic E-state index is 0.904. The summed E-state index contributed by atoms with van der Waals surface area (Å²) in [5.41, 5.74) is 1.61.